The third kappa shape index (κ3) is 2.79. The quantitative estimate of drug-likeness (QED) is 0.512. The van der Waals surface area contributed by atoms with Gasteiger partial charge >= 0.3 is 5.97 Å². The Labute approximate surface area is 187 Å². The van der Waals surface area contributed by atoms with Gasteiger partial charge in [0, 0.05) is 17.9 Å². The van der Waals surface area contributed by atoms with Gasteiger partial charge in [-0.25, -0.2) is 0 Å². The highest BCUT2D eigenvalue weighted by Gasteiger charge is 2.70. The molecule has 4 heteroatoms. The van der Waals surface area contributed by atoms with E-state index in [1.807, 2.05) is 6.07 Å². The molecule has 1 unspecified atom stereocenters. The molecule has 1 aromatic rings. The Hall–Kier alpha value is -1.29. The first kappa shape index (κ1) is 21.6. The van der Waals surface area contributed by atoms with Crippen LogP contribution in [0.1, 0.15) is 110 Å². The fourth-order valence-corrected chi connectivity index (χ4v) is 9.56. The molecule has 4 aliphatic carbocycles. The molecule has 0 aromatic carbocycles. The van der Waals surface area contributed by atoms with E-state index in [0.717, 1.165) is 24.3 Å². The molecular weight excluding hydrogens is 388 g/mol. The molecule has 0 aliphatic heterocycles. The van der Waals surface area contributed by atoms with E-state index in [-0.39, 0.29) is 22.7 Å². The van der Waals surface area contributed by atoms with Crippen LogP contribution in [-0.4, -0.2) is 11.1 Å². The van der Waals surface area contributed by atoms with E-state index in [1.54, 1.807) is 6.26 Å². The largest absolute Gasteiger partial charge is 0.465 e. The van der Waals surface area contributed by atoms with Gasteiger partial charge < -0.3 is 14.3 Å². The van der Waals surface area contributed by atoms with Crippen molar-refractivity contribution in [1.82, 2.24) is 0 Å². The van der Waals surface area contributed by atoms with Gasteiger partial charge in [0.1, 0.15) is 0 Å². The molecule has 3 fully saturated rings. The van der Waals surface area contributed by atoms with Crippen molar-refractivity contribution in [2.24, 2.45) is 39.4 Å². The van der Waals surface area contributed by atoms with Crippen LogP contribution < -0.4 is 0 Å². The molecule has 1 heterocycles. The van der Waals surface area contributed by atoms with Crippen LogP contribution in [0.25, 0.3) is 0 Å². The van der Waals surface area contributed by atoms with E-state index in [1.165, 1.54) is 39.0 Å². The van der Waals surface area contributed by atoms with Gasteiger partial charge in [0.15, 0.2) is 11.9 Å². The normalized spacial score (nSPS) is 48.0. The summed E-state index contributed by atoms with van der Waals surface area (Å²) in [5.74, 6) is 1.98. The predicted octanol–water partition coefficient (Wildman–Crippen LogP) is 6.60. The SMILES string of the molecule is CC(=O)O[C@@H]1c2occc2[C@@H](O)C[C@@H]2[C@]1(C)C[C@H]1[C@@]2(C)CCC2C(C)(C)CCC[C@@]21C. The third-order valence-corrected chi connectivity index (χ3v) is 10.7. The van der Waals surface area contributed by atoms with Crippen molar-refractivity contribution in [1.29, 1.82) is 0 Å². The molecule has 4 aliphatic rings. The Morgan fingerprint density at radius 1 is 1.03 bits per heavy atom. The summed E-state index contributed by atoms with van der Waals surface area (Å²) in [5, 5.41) is 11.2. The minimum absolute atomic E-state index is 0.135. The third-order valence-electron chi connectivity index (χ3n) is 10.7. The van der Waals surface area contributed by atoms with E-state index in [9.17, 15) is 9.90 Å². The maximum Gasteiger partial charge on any atom is 0.303 e. The summed E-state index contributed by atoms with van der Waals surface area (Å²) in [5.41, 5.74) is 1.37. The second-order valence-electron chi connectivity index (χ2n) is 12.7. The number of hydrogen-bond acceptors (Lipinski definition) is 4. The number of carbonyl (C=O) groups excluding carboxylic acids is 1. The predicted molar refractivity (Wildman–Crippen MR) is 119 cm³/mol. The zero-order valence-electron chi connectivity index (χ0n) is 20.2. The van der Waals surface area contributed by atoms with Gasteiger partial charge in [-0.05, 0) is 78.6 Å². The average molecular weight is 429 g/mol. The van der Waals surface area contributed by atoms with E-state index < -0.39 is 12.2 Å². The van der Waals surface area contributed by atoms with Crippen LogP contribution in [0.4, 0.5) is 0 Å². The fraction of sp³-hybridized carbons (Fsp3) is 0.815. The highest BCUT2D eigenvalue weighted by Crippen LogP contribution is 2.76. The lowest BCUT2D eigenvalue weighted by molar-refractivity contribution is -0.159. The van der Waals surface area contributed by atoms with Gasteiger partial charge in [-0.2, -0.15) is 0 Å². The van der Waals surface area contributed by atoms with Crippen molar-refractivity contribution >= 4 is 5.97 Å². The summed E-state index contributed by atoms with van der Waals surface area (Å²) in [7, 11) is 0. The zero-order chi connectivity index (χ0) is 22.4. The summed E-state index contributed by atoms with van der Waals surface area (Å²) < 4.78 is 11.9. The maximum atomic E-state index is 12.2. The highest BCUT2D eigenvalue weighted by molar-refractivity contribution is 5.66. The van der Waals surface area contributed by atoms with Crippen LogP contribution in [0.5, 0.6) is 0 Å². The first-order chi connectivity index (χ1) is 14.4. The lowest BCUT2D eigenvalue weighted by Crippen LogP contribution is -2.54. The smallest absolute Gasteiger partial charge is 0.303 e. The van der Waals surface area contributed by atoms with Crippen molar-refractivity contribution in [2.75, 3.05) is 0 Å². The van der Waals surface area contributed by atoms with E-state index in [0.29, 0.717) is 22.5 Å². The molecule has 5 rings (SSSR count). The lowest BCUT2D eigenvalue weighted by atomic mass is 9.43. The maximum absolute atomic E-state index is 12.2. The Bertz CT molecular complexity index is 886. The summed E-state index contributed by atoms with van der Waals surface area (Å²) in [6.45, 7) is 13.8. The molecule has 0 amide bonds. The second-order valence-corrected chi connectivity index (χ2v) is 12.7. The molecule has 1 aromatic heterocycles. The Balaban J connectivity index is 1.64. The van der Waals surface area contributed by atoms with Crippen molar-refractivity contribution in [2.45, 2.75) is 98.7 Å². The standard InChI is InChI=1S/C27H40O4/c1-16(28)31-23-22-17(9-13-30-22)18(29)14-20-26(5)12-8-19-24(2,3)10-7-11-25(19,4)21(26)15-27(20,23)6/h9,13,18-21,23,29H,7-8,10-12,14-15H2,1-6H3/t18-,19?,20-,21+,23+,25-,26-,27-/m0/s1. The number of ether oxygens (including phenoxy) is 1. The average Bonchev–Trinajstić information content (AvgIpc) is 3.21. The molecular formula is C27H40O4. The summed E-state index contributed by atoms with van der Waals surface area (Å²) in [6, 6.07) is 1.86. The van der Waals surface area contributed by atoms with Crippen LogP contribution in [0, 0.1) is 39.4 Å². The van der Waals surface area contributed by atoms with Gasteiger partial charge in [-0.1, -0.05) is 41.0 Å². The first-order valence-corrected chi connectivity index (χ1v) is 12.4. The summed E-state index contributed by atoms with van der Waals surface area (Å²) >= 11 is 0. The fourth-order valence-electron chi connectivity index (χ4n) is 9.56. The lowest BCUT2D eigenvalue weighted by Gasteiger charge is -2.62. The van der Waals surface area contributed by atoms with Gasteiger partial charge in [0.25, 0.3) is 0 Å². The van der Waals surface area contributed by atoms with E-state index in [4.69, 9.17) is 9.15 Å². The van der Waals surface area contributed by atoms with Crippen LogP contribution in [0.2, 0.25) is 0 Å². The topological polar surface area (TPSA) is 59.7 Å². The van der Waals surface area contributed by atoms with Crippen LogP contribution in [0.3, 0.4) is 0 Å². The number of fused-ring (bicyclic) bond motifs is 6. The Morgan fingerprint density at radius 2 is 1.74 bits per heavy atom. The molecule has 8 atom stereocenters. The van der Waals surface area contributed by atoms with Gasteiger partial charge in [-0.15, -0.1) is 0 Å². The number of furan rings is 1. The molecule has 31 heavy (non-hydrogen) atoms. The molecule has 0 saturated heterocycles. The number of aliphatic hydroxyl groups is 1. The van der Waals surface area contributed by atoms with Crippen molar-refractivity contribution < 1.29 is 19.1 Å². The number of esters is 1. The van der Waals surface area contributed by atoms with E-state index >= 15 is 0 Å². The van der Waals surface area contributed by atoms with Crippen molar-refractivity contribution in [3.8, 4) is 0 Å². The van der Waals surface area contributed by atoms with Crippen LogP contribution >= 0.6 is 0 Å². The van der Waals surface area contributed by atoms with Crippen LogP contribution in [-0.2, 0) is 9.53 Å². The zero-order valence-corrected chi connectivity index (χ0v) is 20.2. The number of rotatable bonds is 1. The number of aliphatic hydroxyl groups excluding tert-OH is 1. The van der Waals surface area contributed by atoms with Gasteiger partial charge in [0.05, 0.1) is 12.4 Å². The molecule has 0 spiro atoms. The Kier molecular flexibility index (Phi) is 4.60. The minimum atomic E-state index is -0.567. The minimum Gasteiger partial charge on any atom is -0.465 e. The van der Waals surface area contributed by atoms with Crippen molar-refractivity contribution in [3.05, 3.63) is 23.7 Å². The molecule has 1 N–H and O–H groups in total. The Morgan fingerprint density at radius 3 is 2.45 bits per heavy atom. The number of carbonyl (C=O) groups is 1. The summed E-state index contributed by atoms with van der Waals surface area (Å²) in [6.07, 6.45) is 8.76. The molecule has 0 radical (unpaired) electrons. The van der Waals surface area contributed by atoms with Gasteiger partial charge in [-0.3, -0.25) is 4.79 Å². The van der Waals surface area contributed by atoms with Crippen LogP contribution in [0.15, 0.2) is 16.7 Å². The van der Waals surface area contributed by atoms with Gasteiger partial charge in [0.2, 0.25) is 0 Å². The monoisotopic (exact) mass is 428 g/mol. The van der Waals surface area contributed by atoms with E-state index in [2.05, 4.69) is 34.6 Å². The molecule has 3 saturated carbocycles. The number of hydrogen-bond donors (Lipinski definition) is 1. The van der Waals surface area contributed by atoms with Crippen molar-refractivity contribution in [3.63, 3.8) is 0 Å². The summed E-state index contributed by atoms with van der Waals surface area (Å²) in [4.78, 5) is 12.2. The molecule has 4 nitrogen and oxygen atoms in total. The first-order valence-electron chi connectivity index (χ1n) is 12.4. The molecule has 0 bridgehead atoms. The highest BCUT2D eigenvalue weighted by atomic mass is 16.6. The second kappa shape index (κ2) is 6.62. The molecule has 172 valence electrons.